The Balaban J connectivity index is 0.00000243. The molecule has 0 spiro atoms. The zero-order valence-electron chi connectivity index (χ0n) is 14.3. The summed E-state index contributed by atoms with van der Waals surface area (Å²) in [7, 11) is 1.63. The van der Waals surface area contributed by atoms with Crippen LogP contribution in [0, 0.1) is 0 Å². The Bertz CT molecular complexity index is 793. The molecule has 2 heterocycles. The van der Waals surface area contributed by atoms with Gasteiger partial charge in [0.25, 0.3) is 0 Å². The number of ether oxygens (including phenoxy) is 2. The van der Waals surface area contributed by atoms with Crippen LogP contribution in [0.15, 0.2) is 59.3 Å². The van der Waals surface area contributed by atoms with E-state index < -0.39 is 0 Å². The minimum atomic E-state index is 0. The van der Waals surface area contributed by atoms with E-state index in [2.05, 4.69) is 10.3 Å². The van der Waals surface area contributed by atoms with Crippen molar-refractivity contribution in [3.05, 3.63) is 77.0 Å². The average molecular weight is 395 g/mol. The highest BCUT2D eigenvalue weighted by Crippen LogP contribution is 2.29. The Hall–Kier alpha value is -2.21. The number of furan rings is 1. The van der Waals surface area contributed by atoms with Crippen LogP contribution in [0.3, 0.4) is 0 Å². The molecule has 1 N–H and O–H groups in total. The molecule has 5 nitrogen and oxygen atoms in total. The molecule has 0 unspecified atom stereocenters. The second-order valence-corrected chi connectivity index (χ2v) is 5.83. The van der Waals surface area contributed by atoms with E-state index in [0.717, 1.165) is 16.9 Å². The topological polar surface area (TPSA) is 56.5 Å². The number of methoxy groups -OCH3 is 1. The number of hydrogen-bond donors (Lipinski definition) is 1. The zero-order valence-corrected chi connectivity index (χ0v) is 15.8. The Morgan fingerprint density at radius 1 is 1.08 bits per heavy atom. The van der Waals surface area contributed by atoms with E-state index >= 15 is 0 Å². The first-order valence-electron chi connectivity index (χ1n) is 7.88. The van der Waals surface area contributed by atoms with Crippen molar-refractivity contribution >= 4 is 24.0 Å². The highest BCUT2D eigenvalue weighted by molar-refractivity contribution is 6.29. The number of aromatic nitrogens is 1. The van der Waals surface area contributed by atoms with Gasteiger partial charge >= 0.3 is 0 Å². The zero-order chi connectivity index (χ0) is 17.5. The molecule has 3 rings (SSSR count). The minimum absolute atomic E-state index is 0. The summed E-state index contributed by atoms with van der Waals surface area (Å²) >= 11 is 5.78. The summed E-state index contributed by atoms with van der Waals surface area (Å²) < 4.78 is 16.6. The lowest BCUT2D eigenvalue weighted by Gasteiger charge is -2.12. The molecule has 0 aliphatic carbocycles. The van der Waals surface area contributed by atoms with E-state index in [1.807, 2.05) is 36.4 Å². The fourth-order valence-corrected chi connectivity index (χ4v) is 2.45. The molecule has 0 amide bonds. The van der Waals surface area contributed by atoms with Crippen LogP contribution in [-0.4, -0.2) is 12.1 Å². The highest BCUT2D eigenvalue weighted by Gasteiger charge is 2.07. The predicted molar refractivity (Wildman–Crippen MR) is 103 cm³/mol. The Labute approximate surface area is 163 Å². The number of nitrogens with one attached hydrogen (secondary N) is 1. The van der Waals surface area contributed by atoms with Crippen molar-refractivity contribution in [1.29, 1.82) is 0 Å². The van der Waals surface area contributed by atoms with Crippen molar-refractivity contribution in [2.45, 2.75) is 19.7 Å². The van der Waals surface area contributed by atoms with Crippen molar-refractivity contribution < 1.29 is 13.9 Å². The van der Waals surface area contributed by atoms with E-state index in [0.29, 0.717) is 36.3 Å². The van der Waals surface area contributed by atoms with Gasteiger partial charge in [0, 0.05) is 18.3 Å². The van der Waals surface area contributed by atoms with E-state index in [9.17, 15) is 0 Å². The van der Waals surface area contributed by atoms with Crippen LogP contribution in [0.4, 0.5) is 0 Å². The van der Waals surface area contributed by atoms with Gasteiger partial charge in [-0.05, 0) is 35.9 Å². The molecule has 0 bridgehead atoms. The molecule has 2 aromatic heterocycles. The number of hydrogen-bond acceptors (Lipinski definition) is 5. The molecule has 0 aliphatic heterocycles. The lowest BCUT2D eigenvalue weighted by Crippen LogP contribution is -2.12. The predicted octanol–water partition coefficient (Wildman–Crippen LogP) is 4.63. The van der Waals surface area contributed by atoms with Crippen LogP contribution < -0.4 is 14.8 Å². The fourth-order valence-electron chi connectivity index (χ4n) is 2.34. The molecule has 1 aromatic carbocycles. The summed E-state index contributed by atoms with van der Waals surface area (Å²) in [4.78, 5) is 4.04. The largest absolute Gasteiger partial charge is 0.493 e. The summed E-state index contributed by atoms with van der Waals surface area (Å²) in [5.74, 6) is 2.29. The van der Waals surface area contributed by atoms with Crippen LogP contribution in [0.25, 0.3) is 0 Å². The summed E-state index contributed by atoms with van der Waals surface area (Å²) in [6.07, 6.45) is 3.37. The molecule has 7 heteroatoms. The van der Waals surface area contributed by atoms with Gasteiger partial charge in [-0.3, -0.25) is 0 Å². The molecule has 0 aliphatic rings. The maximum absolute atomic E-state index is 5.83. The molecule has 26 heavy (non-hydrogen) atoms. The van der Waals surface area contributed by atoms with Crippen LogP contribution in [0.5, 0.6) is 11.5 Å². The maximum atomic E-state index is 5.83. The van der Waals surface area contributed by atoms with Crippen LogP contribution in [0.2, 0.25) is 5.15 Å². The first kappa shape index (κ1) is 20.1. The fraction of sp³-hybridized carbons (Fsp3) is 0.211. The number of pyridine rings is 1. The van der Waals surface area contributed by atoms with Gasteiger partial charge in [-0.2, -0.15) is 0 Å². The van der Waals surface area contributed by atoms with Crippen molar-refractivity contribution in [3.8, 4) is 11.5 Å². The van der Waals surface area contributed by atoms with Gasteiger partial charge in [0.05, 0.1) is 19.9 Å². The third-order valence-electron chi connectivity index (χ3n) is 3.62. The third-order valence-corrected chi connectivity index (χ3v) is 3.84. The first-order chi connectivity index (χ1) is 12.2. The molecule has 138 valence electrons. The SMILES string of the molecule is COc1cc(CNCc2ccco2)ccc1OCc1ccc(Cl)nc1.Cl. The summed E-state index contributed by atoms with van der Waals surface area (Å²) in [5.41, 5.74) is 2.04. The van der Waals surface area contributed by atoms with Gasteiger partial charge in [-0.1, -0.05) is 23.7 Å². The first-order valence-corrected chi connectivity index (χ1v) is 8.25. The molecular formula is C19H20Cl2N2O3. The Kier molecular flexibility index (Phi) is 7.78. The van der Waals surface area contributed by atoms with Gasteiger partial charge in [0.2, 0.25) is 0 Å². The van der Waals surface area contributed by atoms with Gasteiger partial charge in [-0.15, -0.1) is 12.4 Å². The van der Waals surface area contributed by atoms with E-state index in [4.69, 9.17) is 25.5 Å². The van der Waals surface area contributed by atoms with Gasteiger partial charge in [0.1, 0.15) is 17.5 Å². The minimum Gasteiger partial charge on any atom is -0.493 e. The standard InChI is InChI=1S/C19H19ClN2O3.ClH/c1-23-18-9-14(10-21-12-16-3-2-8-24-16)4-6-17(18)25-13-15-5-7-19(20)22-11-15;/h2-9,11,21H,10,12-13H2,1H3;1H. The second-order valence-electron chi connectivity index (χ2n) is 5.45. The molecular weight excluding hydrogens is 375 g/mol. The van der Waals surface area contributed by atoms with Crippen molar-refractivity contribution in [1.82, 2.24) is 10.3 Å². The smallest absolute Gasteiger partial charge is 0.161 e. The molecule has 0 saturated carbocycles. The molecule has 0 fully saturated rings. The number of rotatable bonds is 8. The highest BCUT2D eigenvalue weighted by atomic mass is 35.5. The summed E-state index contributed by atoms with van der Waals surface area (Å²) in [6, 6.07) is 13.3. The van der Waals surface area contributed by atoms with Gasteiger partial charge < -0.3 is 19.2 Å². The lowest BCUT2D eigenvalue weighted by molar-refractivity contribution is 0.284. The van der Waals surface area contributed by atoms with Crippen molar-refractivity contribution in [2.24, 2.45) is 0 Å². The molecule has 0 radical (unpaired) electrons. The Morgan fingerprint density at radius 2 is 1.92 bits per heavy atom. The number of nitrogens with zero attached hydrogens (tertiary/aromatic N) is 1. The van der Waals surface area contributed by atoms with Crippen LogP contribution >= 0.6 is 24.0 Å². The number of benzene rings is 1. The molecule has 0 atom stereocenters. The maximum Gasteiger partial charge on any atom is 0.161 e. The van der Waals surface area contributed by atoms with E-state index in [1.165, 1.54) is 0 Å². The van der Waals surface area contributed by atoms with Crippen LogP contribution in [-0.2, 0) is 19.7 Å². The summed E-state index contributed by atoms with van der Waals surface area (Å²) in [5, 5.41) is 3.79. The van der Waals surface area contributed by atoms with E-state index in [-0.39, 0.29) is 12.4 Å². The quantitative estimate of drug-likeness (QED) is 0.564. The van der Waals surface area contributed by atoms with Gasteiger partial charge in [0.15, 0.2) is 11.5 Å². The average Bonchev–Trinajstić information content (AvgIpc) is 3.15. The van der Waals surface area contributed by atoms with Crippen molar-refractivity contribution in [3.63, 3.8) is 0 Å². The van der Waals surface area contributed by atoms with Gasteiger partial charge in [-0.25, -0.2) is 4.98 Å². The Morgan fingerprint density at radius 3 is 2.62 bits per heavy atom. The molecule has 3 aromatic rings. The number of halogens is 2. The lowest BCUT2D eigenvalue weighted by atomic mass is 10.2. The second kappa shape index (κ2) is 10.1. The summed E-state index contributed by atoms with van der Waals surface area (Å²) in [6.45, 7) is 1.78. The van der Waals surface area contributed by atoms with E-state index in [1.54, 1.807) is 25.6 Å². The van der Waals surface area contributed by atoms with Crippen molar-refractivity contribution in [2.75, 3.05) is 7.11 Å². The molecule has 0 saturated heterocycles. The van der Waals surface area contributed by atoms with Crippen LogP contribution in [0.1, 0.15) is 16.9 Å². The normalized spacial score (nSPS) is 10.2. The monoisotopic (exact) mass is 394 g/mol. The third kappa shape index (κ3) is 5.66.